The average molecular weight is 315 g/mol. The molecule has 0 saturated heterocycles. The lowest BCUT2D eigenvalue weighted by molar-refractivity contribution is 0.171. The summed E-state index contributed by atoms with van der Waals surface area (Å²) in [5.41, 5.74) is 0.282. The highest BCUT2D eigenvalue weighted by Gasteiger charge is 2.12. The average Bonchev–Trinajstić information content (AvgIpc) is 2.09. The molecular formula is C9H9ClFIO. The molecule has 0 amide bonds. The summed E-state index contributed by atoms with van der Waals surface area (Å²) in [5, 5.41) is 9.97. The Balaban J connectivity index is 2.91. The van der Waals surface area contributed by atoms with Gasteiger partial charge in [-0.05, 0) is 24.6 Å². The molecule has 0 bridgehead atoms. The van der Waals surface area contributed by atoms with Crippen LogP contribution in [0.25, 0.3) is 0 Å². The molecule has 0 heterocycles. The van der Waals surface area contributed by atoms with E-state index in [-0.39, 0.29) is 5.56 Å². The Morgan fingerprint density at radius 3 is 2.85 bits per heavy atom. The maximum Gasteiger partial charge on any atom is 0.129 e. The highest BCUT2D eigenvalue weighted by molar-refractivity contribution is 14.1. The van der Waals surface area contributed by atoms with E-state index in [1.807, 2.05) is 0 Å². The van der Waals surface area contributed by atoms with Crippen molar-refractivity contribution in [3.05, 3.63) is 34.6 Å². The number of aliphatic hydroxyl groups excluding tert-OH is 1. The molecule has 1 aromatic carbocycles. The van der Waals surface area contributed by atoms with Crippen LogP contribution in [0.2, 0.25) is 5.02 Å². The Kier molecular flexibility index (Phi) is 4.41. The van der Waals surface area contributed by atoms with Crippen molar-refractivity contribution in [2.45, 2.75) is 12.5 Å². The zero-order valence-electron chi connectivity index (χ0n) is 6.80. The lowest BCUT2D eigenvalue weighted by atomic mass is 10.1. The molecule has 1 rings (SSSR count). The molecule has 0 aliphatic rings. The molecule has 0 fully saturated rings. The molecule has 0 aliphatic heterocycles. The molecular weight excluding hydrogens is 305 g/mol. The van der Waals surface area contributed by atoms with Gasteiger partial charge in [-0.15, -0.1) is 0 Å². The molecule has 0 aromatic heterocycles. The van der Waals surface area contributed by atoms with Crippen molar-refractivity contribution >= 4 is 34.2 Å². The lowest BCUT2D eigenvalue weighted by Crippen LogP contribution is -2.01. The summed E-state index contributed by atoms with van der Waals surface area (Å²) in [7, 11) is 0. The Hall–Kier alpha value is 0.130. The fraction of sp³-hybridized carbons (Fsp3) is 0.333. The molecule has 0 unspecified atom stereocenters. The predicted octanol–water partition coefficient (Wildman–Crippen LogP) is 3.34. The second-order valence-electron chi connectivity index (χ2n) is 2.66. The Morgan fingerprint density at radius 1 is 1.54 bits per heavy atom. The Morgan fingerprint density at radius 2 is 2.23 bits per heavy atom. The number of rotatable bonds is 3. The quantitative estimate of drug-likeness (QED) is 0.670. The monoisotopic (exact) mass is 314 g/mol. The van der Waals surface area contributed by atoms with Gasteiger partial charge >= 0.3 is 0 Å². The van der Waals surface area contributed by atoms with Crippen LogP contribution < -0.4 is 0 Å². The smallest absolute Gasteiger partial charge is 0.129 e. The molecule has 13 heavy (non-hydrogen) atoms. The standard InChI is InChI=1S/C9H9ClFIO/c10-6-1-2-8(11)7(5-6)9(13)3-4-12/h1-2,5,9,13H,3-4H2/t9-/m1/s1. The highest BCUT2D eigenvalue weighted by Crippen LogP contribution is 2.23. The summed E-state index contributed by atoms with van der Waals surface area (Å²) in [6.07, 6.45) is -0.215. The first-order valence-electron chi connectivity index (χ1n) is 3.84. The van der Waals surface area contributed by atoms with Gasteiger partial charge in [-0.25, -0.2) is 4.39 Å². The van der Waals surface area contributed by atoms with Crippen molar-refractivity contribution in [2.24, 2.45) is 0 Å². The maximum atomic E-state index is 13.1. The maximum absolute atomic E-state index is 13.1. The SMILES string of the molecule is O[C@H](CCI)c1cc(Cl)ccc1F. The van der Waals surface area contributed by atoms with E-state index >= 15 is 0 Å². The van der Waals surface area contributed by atoms with E-state index in [1.165, 1.54) is 18.2 Å². The van der Waals surface area contributed by atoms with Crippen molar-refractivity contribution in [3.8, 4) is 0 Å². The number of alkyl halides is 1. The van der Waals surface area contributed by atoms with Crippen LogP contribution in [0.3, 0.4) is 0 Å². The first-order valence-corrected chi connectivity index (χ1v) is 5.74. The highest BCUT2D eigenvalue weighted by atomic mass is 127. The van der Waals surface area contributed by atoms with Crippen molar-refractivity contribution in [3.63, 3.8) is 0 Å². The van der Waals surface area contributed by atoms with Gasteiger partial charge in [-0.1, -0.05) is 34.2 Å². The topological polar surface area (TPSA) is 20.2 Å². The summed E-state index contributed by atoms with van der Waals surface area (Å²) in [6, 6.07) is 4.21. The third kappa shape index (κ3) is 3.07. The Labute approximate surface area is 95.1 Å². The van der Waals surface area contributed by atoms with Crippen LogP contribution in [-0.4, -0.2) is 9.53 Å². The summed E-state index contributed by atoms with van der Waals surface area (Å²) in [5.74, 6) is -0.401. The van der Waals surface area contributed by atoms with Gasteiger partial charge in [0, 0.05) is 15.0 Å². The van der Waals surface area contributed by atoms with Crippen LogP contribution in [-0.2, 0) is 0 Å². The van der Waals surface area contributed by atoms with Gasteiger partial charge in [0.2, 0.25) is 0 Å². The molecule has 0 radical (unpaired) electrons. The van der Waals surface area contributed by atoms with Gasteiger partial charge in [-0.2, -0.15) is 0 Å². The second kappa shape index (κ2) is 5.12. The van der Waals surface area contributed by atoms with Gasteiger partial charge in [0.05, 0.1) is 6.10 Å². The molecule has 0 spiro atoms. The summed E-state index contributed by atoms with van der Waals surface area (Å²) in [4.78, 5) is 0. The molecule has 1 nitrogen and oxygen atoms in total. The zero-order chi connectivity index (χ0) is 9.84. The number of aliphatic hydroxyl groups is 1. The van der Waals surface area contributed by atoms with Gasteiger partial charge in [-0.3, -0.25) is 0 Å². The van der Waals surface area contributed by atoms with Crippen LogP contribution in [0.4, 0.5) is 4.39 Å². The third-order valence-electron chi connectivity index (χ3n) is 1.70. The Bertz CT molecular complexity index is 293. The van der Waals surface area contributed by atoms with Crippen molar-refractivity contribution < 1.29 is 9.50 Å². The molecule has 0 aliphatic carbocycles. The number of halogens is 3. The van der Waals surface area contributed by atoms with Gasteiger partial charge in [0.25, 0.3) is 0 Å². The van der Waals surface area contributed by atoms with E-state index in [0.717, 1.165) is 4.43 Å². The largest absolute Gasteiger partial charge is 0.388 e. The fourth-order valence-electron chi connectivity index (χ4n) is 1.03. The van der Waals surface area contributed by atoms with Gasteiger partial charge in [0.15, 0.2) is 0 Å². The van der Waals surface area contributed by atoms with Crippen LogP contribution in [0.1, 0.15) is 18.1 Å². The number of hydrogen-bond acceptors (Lipinski definition) is 1. The number of hydrogen-bond donors (Lipinski definition) is 1. The molecule has 1 aromatic rings. The molecule has 72 valence electrons. The van der Waals surface area contributed by atoms with E-state index < -0.39 is 11.9 Å². The second-order valence-corrected chi connectivity index (χ2v) is 4.17. The first kappa shape index (κ1) is 11.2. The van der Waals surface area contributed by atoms with Gasteiger partial charge in [0.1, 0.15) is 5.82 Å². The molecule has 0 saturated carbocycles. The molecule has 4 heteroatoms. The molecule has 1 atom stereocenters. The van der Waals surface area contributed by atoms with E-state index in [1.54, 1.807) is 0 Å². The summed E-state index contributed by atoms with van der Waals surface area (Å²) in [6.45, 7) is 0. The first-order chi connectivity index (χ1) is 6.15. The van der Waals surface area contributed by atoms with Crippen molar-refractivity contribution in [1.29, 1.82) is 0 Å². The minimum Gasteiger partial charge on any atom is -0.388 e. The fourth-order valence-corrected chi connectivity index (χ4v) is 1.80. The van der Waals surface area contributed by atoms with E-state index in [4.69, 9.17) is 11.6 Å². The normalized spacial score (nSPS) is 12.9. The van der Waals surface area contributed by atoms with Gasteiger partial charge < -0.3 is 5.11 Å². The zero-order valence-corrected chi connectivity index (χ0v) is 9.72. The van der Waals surface area contributed by atoms with Crippen LogP contribution in [0.5, 0.6) is 0 Å². The van der Waals surface area contributed by atoms with Crippen LogP contribution in [0, 0.1) is 5.82 Å². The van der Waals surface area contributed by atoms with Crippen LogP contribution >= 0.6 is 34.2 Å². The molecule has 1 N–H and O–H groups in total. The lowest BCUT2D eigenvalue weighted by Gasteiger charge is -2.10. The van der Waals surface area contributed by atoms with Crippen molar-refractivity contribution in [2.75, 3.05) is 4.43 Å². The summed E-state index contributed by atoms with van der Waals surface area (Å²) >= 11 is 7.82. The van der Waals surface area contributed by atoms with E-state index in [0.29, 0.717) is 11.4 Å². The minimum atomic E-state index is -0.754. The third-order valence-corrected chi connectivity index (χ3v) is 2.56. The summed E-state index contributed by atoms with van der Waals surface area (Å²) < 4.78 is 13.9. The van der Waals surface area contributed by atoms with Crippen molar-refractivity contribution in [1.82, 2.24) is 0 Å². The predicted molar refractivity (Wildman–Crippen MR) is 59.9 cm³/mol. The number of benzene rings is 1. The van der Waals surface area contributed by atoms with E-state index in [9.17, 15) is 9.50 Å². The van der Waals surface area contributed by atoms with Crippen LogP contribution in [0.15, 0.2) is 18.2 Å². The van der Waals surface area contributed by atoms with E-state index in [2.05, 4.69) is 22.6 Å². The minimum absolute atomic E-state index is 0.282.